The number of hydrogen-bond donors (Lipinski definition) is 0. The molecule has 0 fully saturated rings. The molecule has 9 aromatic carbocycles. The molecule has 0 amide bonds. The summed E-state index contributed by atoms with van der Waals surface area (Å²) in [5.74, 6) is 1.72. The van der Waals surface area contributed by atoms with Crippen molar-refractivity contribution < 1.29 is 8.83 Å². The van der Waals surface area contributed by atoms with Gasteiger partial charge in [0.1, 0.15) is 22.3 Å². The maximum Gasteiger partial charge on any atom is 0.166 e. The van der Waals surface area contributed by atoms with Crippen LogP contribution in [0.1, 0.15) is 0 Å². The second-order valence-corrected chi connectivity index (χ2v) is 15.2. The third-order valence-electron chi connectivity index (χ3n) is 11.8. The van der Waals surface area contributed by atoms with E-state index in [4.69, 9.17) is 23.8 Å². The van der Waals surface area contributed by atoms with Crippen molar-refractivity contribution in [2.75, 3.05) is 0 Å². The van der Waals surface area contributed by atoms with E-state index in [-0.39, 0.29) is 0 Å². The number of fused-ring (bicyclic) bond motifs is 11. The molecule has 0 bridgehead atoms. The largest absolute Gasteiger partial charge is 0.456 e. The van der Waals surface area contributed by atoms with Crippen LogP contribution in [0.4, 0.5) is 0 Å². The van der Waals surface area contributed by atoms with Crippen LogP contribution in [-0.2, 0) is 0 Å². The first kappa shape index (κ1) is 32.0. The van der Waals surface area contributed by atoms with Gasteiger partial charge < -0.3 is 13.4 Å². The summed E-state index contributed by atoms with van der Waals surface area (Å²) < 4.78 is 15.2. The van der Waals surface area contributed by atoms with Gasteiger partial charge in [-0.15, -0.1) is 0 Å². The van der Waals surface area contributed by atoms with Crippen LogP contribution in [0, 0.1) is 0 Å². The smallest absolute Gasteiger partial charge is 0.166 e. The second kappa shape index (κ2) is 12.2. The molecule has 0 aliphatic rings. The molecule has 6 heteroatoms. The van der Waals surface area contributed by atoms with Crippen LogP contribution in [0.5, 0.6) is 0 Å². The Balaban J connectivity index is 1.16. The predicted molar refractivity (Wildman–Crippen MR) is 240 cm³/mol. The molecule has 13 rings (SSSR count). The Bertz CT molecular complexity index is 3870. The molecule has 0 atom stereocenters. The summed E-state index contributed by atoms with van der Waals surface area (Å²) in [6.07, 6.45) is 0. The van der Waals surface area contributed by atoms with Crippen molar-refractivity contribution in [1.29, 1.82) is 0 Å². The van der Waals surface area contributed by atoms with Crippen molar-refractivity contribution >= 4 is 87.2 Å². The lowest BCUT2D eigenvalue weighted by Crippen LogP contribution is -2.04. The zero-order chi connectivity index (χ0) is 38.6. The summed E-state index contributed by atoms with van der Waals surface area (Å²) in [5.41, 5.74) is 9.02. The molecule has 4 heterocycles. The zero-order valence-electron chi connectivity index (χ0n) is 31.4. The van der Waals surface area contributed by atoms with E-state index in [2.05, 4.69) is 144 Å². The van der Waals surface area contributed by atoms with E-state index in [1.165, 1.54) is 16.2 Å². The Labute approximate surface area is 336 Å². The van der Waals surface area contributed by atoms with Gasteiger partial charge in [0.05, 0.1) is 16.7 Å². The molecule has 0 radical (unpaired) electrons. The second-order valence-electron chi connectivity index (χ2n) is 15.2. The molecule has 0 unspecified atom stereocenters. The Hall–Kier alpha value is -8.09. The molecule has 0 spiro atoms. The number of hydrogen-bond acceptors (Lipinski definition) is 5. The summed E-state index contributed by atoms with van der Waals surface area (Å²) in [4.78, 5) is 16.1. The lowest BCUT2D eigenvalue weighted by molar-refractivity contribution is 0.668. The van der Waals surface area contributed by atoms with Crippen molar-refractivity contribution in [1.82, 2.24) is 19.5 Å². The third kappa shape index (κ3) is 4.84. The first-order chi connectivity index (χ1) is 29.2. The van der Waals surface area contributed by atoms with Crippen LogP contribution in [-0.4, -0.2) is 19.5 Å². The SMILES string of the molecule is c1ccc2cc3c(cc2c1)c1ccccc1n3-c1cc2oc3ccccc3c2cc1-c1nc(-c2ccc3oc4ccccc4c3c2)nc(-c2cccc3ccccc23)n1. The number of para-hydroxylation sites is 3. The van der Waals surface area contributed by atoms with Crippen LogP contribution in [0.3, 0.4) is 0 Å². The number of nitrogens with zero attached hydrogens (tertiary/aromatic N) is 4. The van der Waals surface area contributed by atoms with Gasteiger partial charge in [-0.1, -0.05) is 121 Å². The van der Waals surface area contributed by atoms with E-state index in [9.17, 15) is 0 Å². The lowest BCUT2D eigenvalue weighted by Gasteiger charge is -2.15. The van der Waals surface area contributed by atoms with Crippen molar-refractivity contribution in [3.05, 3.63) is 182 Å². The van der Waals surface area contributed by atoms with Crippen molar-refractivity contribution in [3.8, 4) is 39.9 Å². The fourth-order valence-electron chi connectivity index (χ4n) is 9.07. The van der Waals surface area contributed by atoms with Gasteiger partial charge >= 0.3 is 0 Å². The Morgan fingerprint density at radius 2 is 0.898 bits per heavy atom. The minimum absolute atomic E-state index is 0.559. The molecule has 0 saturated heterocycles. The number of furan rings is 2. The van der Waals surface area contributed by atoms with E-state index in [0.717, 1.165) is 93.4 Å². The average molecular weight is 755 g/mol. The summed E-state index contributed by atoms with van der Waals surface area (Å²) in [7, 11) is 0. The van der Waals surface area contributed by atoms with Crippen LogP contribution in [0.15, 0.2) is 191 Å². The van der Waals surface area contributed by atoms with Crippen LogP contribution in [0.2, 0.25) is 0 Å². The maximum absolute atomic E-state index is 6.60. The van der Waals surface area contributed by atoms with E-state index in [0.29, 0.717) is 17.5 Å². The molecule has 4 aromatic heterocycles. The van der Waals surface area contributed by atoms with Gasteiger partial charge in [-0.25, -0.2) is 15.0 Å². The molecule has 59 heavy (non-hydrogen) atoms. The van der Waals surface area contributed by atoms with E-state index >= 15 is 0 Å². The Kier molecular flexibility index (Phi) is 6.63. The standard InChI is InChI=1S/C53H30N4O2/c1-2-14-33-28-45-40(26-32(33)13-1)36-17-5-8-21-44(36)57(45)46-30-50-42(38-19-7-10-23-48(38)59-50)29-43(46)53-55-51(34-24-25-49-41(27-34)37-18-6-9-22-47(37)58-49)54-52(56-53)39-20-11-15-31-12-3-4-16-35(31)39/h1-30H. The minimum atomic E-state index is 0.559. The summed E-state index contributed by atoms with van der Waals surface area (Å²) >= 11 is 0. The molecule has 274 valence electrons. The van der Waals surface area contributed by atoms with Crippen molar-refractivity contribution in [2.45, 2.75) is 0 Å². The van der Waals surface area contributed by atoms with Gasteiger partial charge in [0, 0.05) is 55.1 Å². The first-order valence-electron chi connectivity index (χ1n) is 19.8. The van der Waals surface area contributed by atoms with Gasteiger partial charge in [-0.2, -0.15) is 0 Å². The predicted octanol–water partition coefficient (Wildman–Crippen LogP) is 14.1. The summed E-state index contributed by atoms with van der Waals surface area (Å²) in [6, 6.07) is 63.3. The topological polar surface area (TPSA) is 69.9 Å². The highest BCUT2D eigenvalue weighted by Gasteiger charge is 2.23. The van der Waals surface area contributed by atoms with Gasteiger partial charge in [-0.3, -0.25) is 0 Å². The fourth-order valence-corrected chi connectivity index (χ4v) is 9.07. The zero-order valence-corrected chi connectivity index (χ0v) is 31.4. The quantitative estimate of drug-likeness (QED) is 0.179. The molecule has 6 nitrogen and oxygen atoms in total. The fraction of sp³-hybridized carbons (Fsp3) is 0. The Morgan fingerprint density at radius 3 is 1.69 bits per heavy atom. The van der Waals surface area contributed by atoms with E-state index in [1.54, 1.807) is 0 Å². The minimum Gasteiger partial charge on any atom is -0.456 e. The highest BCUT2D eigenvalue weighted by Crippen LogP contribution is 2.42. The first-order valence-corrected chi connectivity index (χ1v) is 19.8. The van der Waals surface area contributed by atoms with Crippen molar-refractivity contribution in [3.63, 3.8) is 0 Å². The average Bonchev–Trinajstić information content (AvgIpc) is 3.96. The number of aromatic nitrogens is 4. The van der Waals surface area contributed by atoms with Gasteiger partial charge in [0.15, 0.2) is 17.5 Å². The van der Waals surface area contributed by atoms with Crippen molar-refractivity contribution in [2.24, 2.45) is 0 Å². The third-order valence-corrected chi connectivity index (χ3v) is 11.8. The van der Waals surface area contributed by atoms with Crippen LogP contribution < -0.4 is 0 Å². The highest BCUT2D eigenvalue weighted by atomic mass is 16.3. The van der Waals surface area contributed by atoms with Gasteiger partial charge in [0.2, 0.25) is 0 Å². The monoisotopic (exact) mass is 754 g/mol. The van der Waals surface area contributed by atoms with E-state index in [1.807, 2.05) is 42.5 Å². The molecular formula is C53H30N4O2. The van der Waals surface area contributed by atoms with Gasteiger partial charge in [0.25, 0.3) is 0 Å². The number of benzene rings is 9. The molecule has 13 aromatic rings. The highest BCUT2D eigenvalue weighted by molar-refractivity contribution is 6.15. The normalized spacial score (nSPS) is 12.1. The maximum atomic E-state index is 6.60. The lowest BCUT2D eigenvalue weighted by atomic mass is 10.0. The molecule has 0 aliphatic heterocycles. The molecule has 0 aliphatic carbocycles. The summed E-state index contributed by atoms with van der Waals surface area (Å²) in [6.45, 7) is 0. The van der Waals surface area contributed by atoms with E-state index < -0.39 is 0 Å². The Morgan fingerprint density at radius 1 is 0.322 bits per heavy atom. The molecule has 0 N–H and O–H groups in total. The molecular weight excluding hydrogens is 725 g/mol. The van der Waals surface area contributed by atoms with Gasteiger partial charge in [-0.05, 0) is 76.1 Å². The molecule has 0 saturated carbocycles. The van der Waals surface area contributed by atoms with Crippen LogP contribution >= 0.6 is 0 Å². The summed E-state index contributed by atoms with van der Waals surface area (Å²) in [5, 5.41) is 11.0. The van der Waals surface area contributed by atoms with Crippen LogP contribution in [0.25, 0.3) is 127 Å². The number of rotatable bonds is 4.